The molecule has 5 rings (SSSR count). The summed E-state index contributed by atoms with van der Waals surface area (Å²) in [6, 6.07) is 10.5. The molecule has 2 aliphatic heterocycles. The summed E-state index contributed by atoms with van der Waals surface area (Å²) in [5.74, 6) is 2.21. The van der Waals surface area contributed by atoms with E-state index in [-0.39, 0.29) is 11.5 Å². The van der Waals surface area contributed by atoms with Crippen LogP contribution in [0.2, 0.25) is 0 Å². The highest BCUT2D eigenvalue weighted by molar-refractivity contribution is 5.42. The lowest BCUT2D eigenvalue weighted by atomic mass is 10.00. The molecule has 1 aromatic carbocycles. The molecule has 0 saturated carbocycles. The molecule has 2 fully saturated rings. The summed E-state index contributed by atoms with van der Waals surface area (Å²) in [6.07, 6.45) is 4.51. The number of rotatable bonds is 4. The first-order valence-electron chi connectivity index (χ1n) is 10.1. The maximum absolute atomic E-state index is 12.6. The van der Waals surface area contributed by atoms with Gasteiger partial charge in [-0.15, -0.1) is 0 Å². The first kappa shape index (κ1) is 17.6. The van der Waals surface area contributed by atoms with Crippen molar-refractivity contribution in [3.8, 4) is 0 Å². The molecule has 0 amide bonds. The molecular weight excluding hydrogens is 354 g/mol. The summed E-state index contributed by atoms with van der Waals surface area (Å²) in [7, 11) is 0. The maximum Gasteiger partial charge on any atom is 0.276 e. The monoisotopic (exact) mass is 379 g/mol. The first-order chi connectivity index (χ1) is 13.8. The molecule has 3 aromatic rings. The second kappa shape index (κ2) is 7.48. The van der Waals surface area contributed by atoms with E-state index in [1.54, 1.807) is 10.7 Å². The van der Waals surface area contributed by atoms with E-state index in [9.17, 15) is 4.79 Å². The Hall–Kier alpha value is -2.51. The SMILES string of the molecule is O=c1[nH]c(C2CCN(Cc3ccccc3)C2)nn2c(C3CCOCC3)ncc12. The fourth-order valence-corrected chi connectivity index (χ4v) is 4.39. The largest absolute Gasteiger partial charge is 0.381 e. The Bertz CT molecular complexity index is 1010. The third kappa shape index (κ3) is 3.36. The van der Waals surface area contributed by atoms with Gasteiger partial charge in [0.15, 0.2) is 5.52 Å². The number of benzene rings is 1. The van der Waals surface area contributed by atoms with Gasteiger partial charge in [0, 0.05) is 38.1 Å². The molecule has 1 atom stereocenters. The van der Waals surface area contributed by atoms with Gasteiger partial charge < -0.3 is 9.72 Å². The molecule has 2 aromatic heterocycles. The minimum absolute atomic E-state index is 0.0997. The average Bonchev–Trinajstić information content (AvgIpc) is 3.37. The smallest absolute Gasteiger partial charge is 0.276 e. The normalized spacial score (nSPS) is 21.5. The van der Waals surface area contributed by atoms with Crippen LogP contribution in [0.1, 0.15) is 48.3 Å². The minimum atomic E-state index is -0.0997. The van der Waals surface area contributed by atoms with Crippen LogP contribution in [-0.2, 0) is 11.3 Å². The minimum Gasteiger partial charge on any atom is -0.381 e. The Balaban J connectivity index is 1.39. The molecule has 7 nitrogen and oxygen atoms in total. The van der Waals surface area contributed by atoms with Gasteiger partial charge in [-0.25, -0.2) is 9.50 Å². The molecule has 0 spiro atoms. The van der Waals surface area contributed by atoms with E-state index in [2.05, 4.69) is 39.1 Å². The number of ether oxygens (including phenoxy) is 1. The molecule has 2 aliphatic rings. The lowest BCUT2D eigenvalue weighted by Gasteiger charge is -2.21. The molecule has 7 heteroatoms. The van der Waals surface area contributed by atoms with Crippen molar-refractivity contribution in [3.63, 3.8) is 0 Å². The highest BCUT2D eigenvalue weighted by atomic mass is 16.5. The van der Waals surface area contributed by atoms with E-state index < -0.39 is 0 Å². The molecule has 4 heterocycles. The topological polar surface area (TPSA) is 75.5 Å². The second-order valence-corrected chi connectivity index (χ2v) is 7.85. The fraction of sp³-hybridized carbons (Fsp3) is 0.476. The molecule has 2 saturated heterocycles. The summed E-state index contributed by atoms with van der Waals surface area (Å²) in [4.78, 5) is 22.6. The van der Waals surface area contributed by atoms with Crippen molar-refractivity contribution in [1.29, 1.82) is 0 Å². The van der Waals surface area contributed by atoms with Gasteiger partial charge >= 0.3 is 0 Å². The van der Waals surface area contributed by atoms with Crippen molar-refractivity contribution >= 4 is 5.52 Å². The van der Waals surface area contributed by atoms with Gasteiger partial charge in [0.05, 0.1) is 6.20 Å². The lowest BCUT2D eigenvalue weighted by molar-refractivity contribution is 0.0832. The van der Waals surface area contributed by atoms with E-state index in [1.165, 1.54) is 5.56 Å². The van der Waals surface area contributed by atoms with Crippen molar-refractivity contribution in [2.75, 3.05) is 26.3 Å². The Morgan fingerprint density at radius 2 is 1.93 bits per heavy atom. The number of H-pyrrole nitrogens is 1. The number of likely N-dealkylation sites (tertiary alicyclic amines) is 1. The van der Waals surface area contributed by atoms with Crippen LogP contribution in [0.4, 0.5) is 0 Å². The Kier molecular flexibility index (Phi) is 4.70. The summed E-state index contributed by atoms with van der Waals surface area (Å²) in [6.45, 7) is 4.34. The molecule has 28 heavy (non-hydrogen) atoms. The van der Waals surface area contributed by atoms with E-state index in [1.807, 2.05) is 6.07 Å². The van der Waals surface area contributed by atoms with Crippen LogP contribution in [0.5, 0.6) is 0 Å². The number of hydrogen-bond donors (Lipinski definition) is 1. The van der Waals surface area contributed by atoms with Crippen molar-refractivity contribution in [1.82, 2.24) is 24.5 Å². The van der Waals surface area contributed by atoms with Gasteiger partial charge in [-0.3, -0.25) is 9.69 Å². The molecular formula is C21H25N5O2. The quantitative estimate of drug-likeness (QED) is 0.753. The number of aromatic amines is 1. The maximum atomic E-state index is 12.6. The lowest BCUT2D eigenvalue weighted by Crippen LogP contribution is -2.24. The number of nitrogens with zero attached hydrogens (tertiary/aromatic N) is 4. The Morgan fingerprint density at radius 1 is 1.11 bits per heavy atom. The molecule has 0 radical (unpaired) electrons. The Labute approximate surface area is 163 Å². The number of aromatic nitrogens is 4. The number of imidazole rings is 1. The third-order valence-corrected chi connectivity index (χ3v) is 5.94. The highest BCUT2D eigenvalue weighted by Gasteiger charge is 2.28. The van der Waals surface area contributed by atoms with E-state index in [4.69, 9.17) is 9.84 Å². The van der Waals surface area contributed by atoms with Gasteiger partial charge in [-0.1, -0.05) is 30.3 Å². The van der Waals surface area contributed by atoms with E-state index in [0.717, 1.165) is 63.8 Å². The van der Waals surface area contributed by atoms with Crippen molar-refractivity contribution in [2.45, 2.75) is 37.6 Å². The zero-order chi connectivity index (χ0) is 18.9. The molecule has 1 N–H and O–H groups in total. The van der Waals surface area contributed by atoms with Crippen LogP contribution in [-0.4, -0.2) is 50.8 Å². The predicted molar refractivity (Wildman–Crippen MR) is 105 cm³/mol. The summed E-state index contributed by atoms with van der Waals surface area (Å²) < 4.78 is 7.25. The van der Waals surface area contributed by atoms with Crippen molar-refractivity contribution in [3.05, 3.63) is 64.1 Å². The van der Waals surface area contributed by atoms with Gasteiger partial charge in [-0.05, 0) is 31.4 Å². The van der Waals surface area contributed by atoms with Crippen LogP contribution in [0, 0.1) is 0 Å². The van der Waals surface area contributed by atoms with Crippen molar-refractivity contribution < 1.29 is 4.74 Å². The molecule has 146 valence electrons. The average molecular weight is 379 g/mol. The van der Waals surface area contributed by atoms with E-state index in [0.29, 0.717) is 11.4 Å². The van der Waals surface area contributed by atoms with Crippen LogP contribution in [0.3, 0.4) is 0 Å². The van der Waals surface area contributed by atoms with Gasteiger partial charge in [0.2, 0.25) is 0 Å². The van der Waals surface area contributed by atoms with E-state index >= 15 is 0 Å². The van der Waals surface area contributed by atoms with Crippen LogP contribution in [0.25, 0.3) is 5.52 Å². The molecule has 0 bridgehead atoms. The second-order valence-electron chi connectivity index (χ2n) is 7.85. The Morgan fingerprint density at radius 3 is 2.75 bits per heavy atom. The van der Waals surface area contributed by atoms with Crippen molar-refractivity contribution in [2.24, 2.45) is 0 Å². The first-order valence-corrected chi connectivity index (χ1v) is 10.1. The van der Waals surface area contributed by atoms with Crippen LogP contribution in [0.15, 0.2) is 41.3 Å². The predicted octanol–water partition coefficient (Wildman–Crippen LogP) is 2.30. The summed E-state index contributed by atoms with van der Waals surface area (Å²) in [5.41, 5.74) is 1.75. The fourth-order valence-electron chi connectivity index (χ4n) is 4.39. The standard InChI is InChI=1S/C21H25N5O2/c27-21-18-12-22-20(16-7-10-28-11-8-16)26(18)24-19(23-21)17-6-9-25(14-17)13-15-4-2-1-3-5-15/h1-5,12,16-17H,6-11,13-14H2,(H,23,24,27). The number of nitrogens with one attached hydrogen (secondary N) is 1. The van der Waals surface area contributed by atoms with Crippen LogP contribution >= 0.6 is 0 Å². The molecule has 1 unspecified atom stereocenters. The highest BCUT2D eigenvalue weighted by Crippen LogP contribution is 2.28. The number of hydrogen-bond acceptors (Lipinski definition) is 5. The zero-order valence-corrected chi connectivity index (χ0v) is 15.9. The third-order valence-electron chi connectivity index (χ3n) is 5.94. The van der Waals surface area contributed by atoms with Crippen LogP contribution < -0.4 is 5.56 Å². The van der Waals surface area contributed by atoms with Gasteiger partial charge in [0.25, 0.3) is 5.56 Å². The summed E-state index contributed by atoms with van der Waals surface area (Å²) >= 11 is 0. The summed E-state index contributed by atoms with van der Waals surface area (Å²) in [5, 5.41) is 4.83. The van der Waals surface area contributed by atoms with Gasteiger partial charge in [-0.2, -0.15) is 5.10 Å². The van der Waals surface area contributed by atoms with Gasteiger partial charge in [0.1, 0.15) is 11.6 Å². The number of fused-ring (bicyclic) bond motifs is 1. The molecule has 0 aliphatic carbocycles. The zero-order valence-electron chi connectivity index (χ0n) is 15.9.